The van der Waals surface area contributed by atoms with Gasteiger partial charge in [0.2, 0.25) is 0 Å². The van der Waals surface area contributed by atoms with Crippen LogP contribution in [0.4, 0.5) is 26.3 Å². The average Bonchev–Trinajstić information content (AvgIpc) is 3.47. The molecular weight excluding hydrogens is 608 g/mol. The molecule has 0 aliphatic carbocycles. The summed E-state index contributed by atoms with van der Waals surface area (Å²) in [6.45, 7) is 3.26. The second-order valence-electron chi connectivity index (χ2n) is 10.0. The van der Waals surface area contributed by atoms with Gasteiger partial charge in [-0.15, -0.1) is 0 Å². The van der Waals surface area contributed by atoms with Crippen molar-refractivity contribution < 1.29 is 60.5 Å². The van der Waals surface area contributed by atoms with Gasteiger partial charge in [0.15, 0.2) is 6.10 Å². The first-order valence-electron chi connectivity index (χ1n) is 13.3. The molecule has 3 aliphatic heterocycles. The van der Waals surface area contributed by atoms with E-state index in [1.807, 2.05) is 16.0 Å². The maximum absolute atomic E-state index is 13.2. The molecule has 2 N–H and O–H groups in total. The molecule has 2 saturated heterocycles. The molecule has 18 heteroatoms. The number of fused-ring (bicyclic) bond motifs is 2. The van der Waals surface area contributed by atoms with Crippen LogP contribution in [0.2, 0.25) is 0 Å². The van der Waals surface area contributed by atoms with E-state index in [4.69, 9.17) is 24.5 Å². The number of pyridine rings is 1. The summed E-state index contributed by atoms with van der Waals surface area (Å²) in [5.74, 6) is -4.57. The molecule has 2 amide bonds. The molecule has 1 spiro atoms. The number of imidazole rings is 1. The van der Waals surface area contributed by atoms with Crippen LogP contribution < -0.4 is 0 Å². The maximum atomic E-state index is 13.2. The van der Waals surface area contributed by atoms with Crippen LogP contribution in [0, 0.1) is 0 Å². The molecule has 3 aliphatic rings. The summed E-state index contributed by atoms with van der Waals surface area (Å²) >= 11 is 0. The fourth-order valence-corrected chi connectivity index (χ4v) is 4.93. The quantitative estimate of drug-likeness (QED) is 0.473. The number of amides is 2. The molecular formula is C26H29F6N5O7. The number of carbonyl (C=O) groups excluding carboxylic acids is 2. The maximum Gasteiger partial charge on any atom is 0.490 e. The van der Waals surface area contributed by atoms with Gasteiger partial charge in [0, 0.05) is 63.8 Å². The molecule has 1 unspecified atom stereocenters. The second-order valence-corrected chi connectivity index (χ2v) is 10.0. The average molecular weight is 638 g/mol. The Morgan fingerprint density at radius 1 is 0.864 bits per heavy atom. The summed E-state index contributed by atoms with van der Waals surface area (Å²) in [6.07, 6.45) is 0.874. The first-order chi connectivity index (χ1) is 20.5. The summed E-state index contributed by atoms with van der Waals surface area (Å²) in [5.41, 5.74) is -0.0264. The lowest BCUT2D eigenvalue weighted by Crippen LogP contribution is -2.55. The van der Waals surface area contributed by atoms with E-state index >= 15 is 0 Å². The van der Waals surface area contributed by atoms with Crippen molar-refractivity contribution in [2.75, 3.05) is 26.2 Å². The van der Waals surface area contributed by atoms with Crippen molar-refractivity contribution in [1.29, 1.82) is 0 Å². The number of nitrogens with zero attached hydrogens (tertiary/aromatic N) is 5. The van der Waals surface area contributed by atoms with E-state index in [0.29, 0.717) is 38.0 Å². The van der Waals surface area contributed by atoms with E-state index < -0.39 is 36.0 Å². The standard InChI is InChI=1S/C22H27N5O3.2C2HF3O2/c28-19(17-5-4-8-23-15-17)26-12-6-22(7-13-26)21-24-9-14-27(21)16-18(30-22)20(29)25-10-2-1-3-11-25;2*3-2(4,5)1(6)7/h4-5,8-9,14-15,18H,1-3,6-7,10-13,16H2;2*(H,6,7). The highest BCUT2D eigenvalue weighted by Crippen LogP contribution is 2.40. The van der Waals surface area contributed by atoms with E-state index in [0.717, 1.165) is 31.8 Å². The predicted molar refractivity (Wildman–Crippen MR) is 136 cm³/mol. The number of aliphatic carboxylic acids is 2. The largest absolute Gasteiger partial charge is 0.490 e. The Hall–Kier alpha value is -4.22. The number of hydrogen-bond donors (Lipinski definition) is 2. The molecule has 1 atom stereocenters. The van der Waals surface area contributed by atoms with Crippen LogP contribution in [0.1, 0.15) is 48.3 Å². The highest BCUT2D eigenvalue weighted by Gasteiger charge is 2.48. The van der Waals surface area contributed by atoms with Crippen molar-refractivity contribution in [3.63, 3.8) is 0 Å². The summed E-state index contributed by atoms with van der Waals surface area (Å²) in [4.78, 5) is 56.2. The lowest BCUT2D eigenvalue weighted by Gasteiger charge is -2.46. The Morgan fingerprint density at radius 2 is 1.43 bits per heavy atom. The molecule has 44 heavy (non-hydrogen) atoms. The number of carbonyl (C=O) groups is 4. The number of ether oxygens (including phenoxy) is 1. The van der Waals surface area contributed by atoms with E-state index in [2.05, 4.69) is 14.5 Å². The van der Waals surface area contributed by atoms with Crippen LogP contribution in [-0.2, 0) is 31.3 Å². The van der Waals surface area contributed by atoms with Crippen LogP contribution in [0.15, 0.2) is 36.9 Å². The third-order valence-corrected chi connectivity index (χ3v) is 7.05. The molecule has 2 aromatic rings. The molecule has 0 radical (unpaired) electrons. The SMILES string of the molecule is O=C(O)C(F)(F)F.O=C(O)C(F)(F)F.O=C(c1cccnc1)N1CCC2(CC1)OC(C(=O)N1CCCCC1)Cn1ccnc12. The van der Waals surface area contributed by atoms with Crippen LogP contribution in [0.5, 0.6) is 0 Å². The van der Waals surface area contributed by atoms with Crippen LogP contribution in [0.25, 0.3) is 0 Å². The van der Waals surface area contributed by atoms with Crippen molar-refractivity contribution in [2.24, 2.45) is 0 Å². The van der Waals surface area contributed by atoms with Gasteiger partial charge in [0.1, 0.15) is 11.4 Å². The number of likely N-dealkylation sites (tertiary alicyclic amines) is 2. The number of piperidine rings is 2. The molecule has 2 fully saturated rings. The normalized spacial score (nSPS) is 19.5. The van der Waals surface area contributed by atoms with Crippen LogP contribution in [0.3, 0.4) is 0 Å². The van der Waals surface area contributed by atoms with Crippen molar-refractivity contribution in [3.8, 4) is 0 Å². The predicted octanol–water partition coefficient (Wildman–Crippen LogP) is 3.09. The summed E-state index contributed by atoms with van der Waals surface area (Å²) in [6, 6.07) is 3.56. The number of alkyl halides is 6. The Morgan fingerprint density at radius 3 is 1.93 bits per heavy atom. The van der Waals surface area contributed by atoms with Gasteiger partial charge in [-0.05, 0) is 31.4 Å². The number of aromatic nitrogens is 3. The molecule has 5 rings (SSSR count). The van der Waals surface area contributed by atoms with E-state index in [1.54, 1.807) is 30.7 Å². The van der Waals surface area contributed by atoms with Crippen LogP contribution >= 0.6 is 0 Å². The highest BCUT2D eigenvalue weighted by molar-refractivity contribution is 5.94. The number of carboxylic acid groups (broad SMARTS) is 2. The topological polar surface area (TPSA) is 155 Å². The van der Waals surface area contributed by atoms with Gasteiger partial charge in [-0.3, -0.25) is 14.6 Å². The van der Waals surface area contributed by atoms with Crippen molar-refractivity contribution in [3.05, 3.63) is 48.3 Å². The van der Waals surface area contributed by atoms with Gasteiger partial charge in [-0.25, -0.2) is 14.6 Å². The number of halogens is 6. The van der Waals surface area contributed by atoms with Crippen molar-refractivity contribution >= 4 is 23.8 Å². The fraction of sp³-hybridized carbons (Fsp3) is 0.538. The first-order valence-corrected chi connectivity index (χ1v) is 13.3. The molecule has 242 valence electrons. The summed E-state index contributed by atoms with van der Waals surface area (Å²) in [5, 5.41) is 14.2. The molecule has 0 bridgehead atoms. The zero-order valence-corrected chi connectivity index (χ0v) is 23.1. The minimum Gasteiger partial charge on any atom is -0.475 e. The van der Waals surface area contributed by atoms with Gasteiger partial charge in [-0.2, -0.15) is 26.3 Å². The lowest BCUT2D eigenvalue weighted by molar-refractivity contribution is -0.193. The third kappa shape index (κ3) is 8.67. The van der Waals surface area contributed by atoms with Crippen molar-refractivity contribution in [2.45, 2.75) is 62.7 Å². The van der Waals surface area contributed by atoms with Crippen LogP contribution in [-0.4, -0.2) is 103 Å². The number of carboxylic acids is 2. The Balaban J connectivity index is 0.000000317. The van der Waals surface area contributed by atoms with Gasteiger partial charge in [0.25, 0.3) is 11.8 Å². The molecule has 0 aromatic carbocycles. The zero-order chi connectivity index (χ0) is 32.7. The molecule has 5 heterocycles. The third-order valence-electron chi connectivity index (χ3n) is 7.05. The molecule has 12 nitrogen and oxygen atoms in total. The van der Waals surface area contributed by atoms with Crippen molar-refractivity contribution in [1.82, 2.24) is 24.3 Å². The molecule has 2 aromatic heterocycles. The van der Waals surface area contributed by atoms with Gasteiger partial charge in [0.05, 0.1) is 12.1 Å². The Kier molecular flexibility index (Phi) is 10.9. The van der Waals surface area contributed by atoms with Gasteiger partial charge in [-0.1, -0.05) is 0 Å². The van der Waals surface area contributed by atoms with Gasteiger partial charge >= 0.3 is 24.3 Å². The smallest absolute Gasteiger partial charge is 0.475 e. The summed E-state index contributed by atoms with van der Waals surface area (Å²) in [7, 11) is 0. The van der Waals surface area contributed by atoms with Gasteiger partial charge < -0.3 is 29.3 Å². The Bertz CT molecular complexity index is 1280. The van der Waals surface area contributed by atoms with E-state index in [9.17, 15) is 35.9 Å². The second kappa shape index (κ2) is 14.0. The minimum absolute atomic E-state index is 0.0157. The number of hydrogen-bond acceptors (Lipinski definition) is 7. The zero-order valence-electron chi connectivity index (χ0n) is 23.1. The molecule has 0 saturated carbocycles. The minimum atomic E-state index is -5.08. The monoisotopic (exact) mass is 637 g/mol. The first kappa shape index (κ1) is 34.3. The Labute approximate surface area is 246 Å². The summed E-state index contributed by atoms with van der Waals surface area (Å²) < 4.78 is 72.1. The van der Waals surface area contributed by atoms with E-state index in [-0.39, 0.29) is 11.8 Å². The lowest BCUT2D eigenvalue weighted by atomic mass is 9.88. The fourth-order valence-electron chi connectivity index (χ4n) is 4.93. The van der Waals surface area contributed by atoms with E-state index in [1.165, 1.54) is 6.42 Å². The number of rotatable bonds is 2. The highest BCUT2D eigenvalue weighted by atomic mass is 19.4.